The van der Waals surface area contributed by atoms with Crippen molar-refractivity contribution in [2.24, 2.45) is 5.92 Å². The standard InChI is InChI=1S/C22H27FN2O/c1-26-21-9-5-3-7-18(21)15-24-22-16-10-12-25(13-11-16)20(22)14-17-6-2-4-8-19(17)23/h2-9,16,20,22,24H,10-15H2,1H3/t20-,22+/m0/s1. The van der Waals surface area contributed by atoms with Crippen LogP contribution in [0.2, 0.25) is 0 Å². The maximum absolute atomic E-state index is 14.2. The van der Waals surface area contributed by atoms with E-state index in [1.54, 1.807) is 19.2 Å². The summed E-state index contributed by atoms with van der Waals surface area (Å²) in [7, 11) is 1.72. The molecule has 3 heterocycles. The molecule has 3 nitrogen and oxygen atoms in total. The Morgan fingerprint density at radius 3 is 2.46 bits per heavy atom. The third kappa shape index (κ3) is 3.49. The van der Waals surface area contributed by atoms with Gasteiger partial charge in [0.05, 0.1) is 7.11 Å². The van der Waals surface area contributed by atoms with Gasteiger partial charge in [0.25, 0.3) is 0 Å². The fourth-order valence-corrected chi connectivity index (χ4v) is 4.68. The molecule has 26 heavy (non-hydrogen) atoms. The molecule has 3 aliphatic heterocycles. The Kier molecular flexibility index (Phi) is 5.23. The molecule has 138 valence electrons. The first kappa shape index (κ1) is 17.5. The third-order valence-electron chi connectivity index (χ3n) is 6.07. The monoisotopic (exact) mass is 354 g/mol. The van der Waals surface area contributed by atoms with Gasteiger partial charge in [-0.2, -0.15) is 0 Å². The second-order valence-electron chi connectivity index (χ2n) is 7.45. The van der Waals surface area contributed by atoms with Crippen molar-refractivity contribution in [3.05, 3.63) is 65.5 Å². The summed E-state index contributed by atoms with van der Waals surface area (Å²) in [6.45, 7) is 3.06. The van der Waals surface area contributed by atoms with E-state index in [0.29, 0.717) is 18.0 Å². The Hall–Kier alpha value is -1.91. The van der Waals surface area contributed by atoms with Crippen LogP contribution in [0.25, 0.3) is 0 Å². The van der Waals surface area contributed by atoms with Crippen LogP contribution in [0, 0.1) is 11.7 Å². The van der Waals surface area contributed by atoms with Crippen LogP contribution in [0.4, 0.5) is 4.39 Å². The maximum atomic E-state index is 14.2. The molecule has 0 spiro atoms. The summed E-state index contributed by atoms with van der Waals surface area (Å²) < 4.78 is 19.7. The summed E-state index contributed by atoms with van der Waals surface area (Å²) in [5, 5.41) is 3.79. The van der Waals surface area contributed by atoms with Crippen LogP contribution < -0.4 is 10.1 Å². The smallest absolute Gasteiger partial charge is 0.126 e. The number of benzene rings is 2. The Balaban J connectivity index is 1.51. The molecule has 2 bridgehead atoms. The lowest BCUT2D eigenvalue weighted by molar-refractivity contribution is 0.0123. The van der Waals surface area contributed by atoms with Gasteiger partial charge in [-0.3, -0.25) is 4.90 Å². The quantitative estimate of drug-likeness (QED) is 0.857. The highest BCUT2D eigenvalue weighted by Gasteiger charge is 2.41. The molecule has 0 aromatic heterocycles. The molecule has 3 aliphatic rings. The maximum Gasteiger partial charge on any atom is 0.126 e. The second kappa shape index (κ2) is 7.77. The number of nitrogens with one attached hydrogen (secondary N) is 1. The average molecular weight is 354 g/mol. The van der Waals surface area contributed by atoms with Gasteiger partial charge in [-0.15, -0.1) is 0 Å². The molecule has 0 amide bonds. The van der Waals surface area contributed by atoms with E-state index in [1.165, 1.54) is 18.4 Å². The molecule has 0 unspecified atom stereocenters. The molecule has 0 aliphatic carbocycles. The van der Waals surface area contributed by atoms with Crippen LogP contribution in [-0.2, 0) is 13.0 Å². The van der Waals surface area contributed by atoms with E-state index >= 15 is 0 Å². The number of fused-ring (bicyclic) bond motifs is 3. The lowest BCUT2D eigenvalue weighted by atomic mass is 9.76. The Morgan fingerprint density at radius 1 is 1.04 bits per heavy atom. The zero-order chi connectivity index (χ0) is 17.9. The van der Waals surface area contributed by atoms with Gasteiger partial charge in [0, 0.05) is 24.2 Å². The van der Waals surface area contributed by atoms with E-state index in [2.05, 4.69) is 16.3 Å². The zero-order valence-electron chi connectivity index (χ0n) is 15.3. The van der Waals surface area contributed by atoms with Crippen LogP contribution in [0.5, 0.6) is 5.75 Å². The normalized spacial score (nSPS) is 27.5. The van der Waals surface area contributed by atoms with Crippen LogP contribution >= 0.6 is 0 Å². The number of hydrogen-bond donors (Lipinski definition) is 1. The number of methoxy groups -OCH3 is 1. The summed E-state index contributed by atoms with van der Waals surface area (Å²) in [5.41, 5.74) is 2.00. The topological polar surface area (TPSA) is 24.5 Å². The number of halogens is 1. The van der Waals surface area contributed by atoms with Crippen molar-refractivity contribution in [2.45, 2.75) is 37.9 Å². The van der Waals surface area contributed by atoms with Gasteiger partial charge in [0.1, 0.15) is 11.6 Å². The molecule has 2 aromatic carbocycles. The molecular formula is C22H27FN2O. The molecule has 3 fully saturated rings. The molecule has 2 aromatic rings. The first-order valence-electron chi connectivity index (χ1n) is 9.59. The number of ether oxygens (including phenoxy) is 1. The van der Waals surface area contributed by atoms with Crippen LogP contribution in [0.3, 0.4) is 0 Å². The van der Waals surface area contributed by atoms with Crippen LogP contribution in [0.1, 0.15) is 24.0 Å². The van der Waals surface area contributed by atoms with Crippen molar-refractivity contribution in [3.63, 3.8) is 0 Å². The second-order valence-corrected chi connectivity index (χ2v) is 7.45. The van der Waals surface area contributed by atoms with E-state index in [0.717, 1.165) is 37.4 Å². The van der Waals surface area contributed by atoms with Crippen molar-refractivity contribution < 1.29 is 9.13 Å². The van der Waals surface area contributed by atoms with Crippen molar-refractivity contribution in [1.82, 2.24) is 10.2 Å². The minimum atomic E-state index is -0.0846. The largest absolute Gasteiger partial charge is 0.496 e. The van der Waals surface area contributed by atoms with Crippen LogP contribution in [0.15, 0.2) is 48.5 Å². The predicted molar refractivity (Wildman–Crippen MR) is 102 cm³/mol. The van der Waals surface area contributed by atoms with Crippen LogP contribution in [-0.4, -0.2) is 37.2 Å². The summed E-state index contributed by atoms with van der Waals surface area (Å²) in [5.74, 6) is 1.51. The SMILES string of the molecule is COc1ccccc1CN[C@@H]1C2CCN(CC2)[C@H]1Cc1ccccc1F. The minimum Gasteiger partial charge on any atom is -0.496 e. The Bertz CT molecular complexity index is 742. The van der Waals surface area contributed by atoms with E-state index in [9.17, 15) is 4.39 Å². The minimum absolute atomic E-state index is 0.0846. The third-order valence-corrected chi connectivity index (χ3v) is 6.07. The first-order valence-corrected chi connectivity index (χ1v) is 9.59. The lowest BCUT2D eigenvalue weighted by Gasteiger charge is -2.51. The van der Waals surface area contributed by atoms with Crippen molar-refractivity contribution in [3.8, 4) is 5.75 Å². The molecule has 3 saturated heterocycles. The van der Waals surface area contributed by atoms with E-state index < -0.39 is 0 Å². The number of rotatable bonds is 6. The van der Waals surface area contributed by atoms with Gasteiger partial charge in [-0.05, 0) is 56.0 Å². The molecule has 0 saturated carbocycles. The molecule has 4 heteroatoms. The summed E-state index contributed by atoms with van der Waals surface area (Å²) in [6, 6.07) is 16.1. The number of hydrogen-bond acceptors (Lipinski definition) is 3. The molecule has 1 N–H and O–H groups in total. The van der Waals surface area contributed by atoms with Crippen molar-refractivity contribution in [2.75, 3.05) is 20.2 Å². The van der Waals surface area contributed by atoms with E-state index in [4.69, 9.17) is 4.74 Å². The fourth-order valence-electron chi connectivity index (χ4n) is 4.68. The van der Waals surface area contributed by atoms with Gasteiger partial charge in [-0.1, -0.05) is 36.4 Å². The van der Waals surface area contributed by atoms with Gasteiger partial charge in [-0.25, -0.2) is 4.39 Å². The van der Waals surface area contributed by atoms with Crippen molar-refractivity contribution in [1.29, 1.82) is 0 Å². The Morgan fingerprint density at radius 2 is 1.73 bits per heavy atom. The van der Waals surface area contributed by atoms with E-state index in [1.807, 2.05) is 30.3 Å². The Labute approximate surface area is 155 Å². The van der Waals surface area contributed by atoms with E-state index in [-0.39, 0.29) is 5.82 Å². The van der Waals surface area contributed by atoms with Gasteiger partial charge in [0.2, 0.25) is 0 Å². The highest BCUT2D eigenvalue weighted by molar-refractivity contribution is 5.33. The highest BCUT2D eigenvalue weighted by Crippen LogP contribution is 2.34. The van der Waals surface area contributed by atoms with Gasteiger partial charge < -0.3 is 10.1 Å². The van der Waals surface area contributed by atoms with Gasteiger partial charge >= 0.3 is 0 Å². The molecular weight excluding hydrogens is 327 g/mol. The first-order chi connectivity index (χ1) is 12.8. The summed E-state index contributed by atoms with van der Waals surface area (Å²) >= 11 is 0. The molecule has 2 atom stereocenters. The number of piperidine rings is 3. The number of para-hydroxylation sites is 1. The van der Waals surface area contributed by atoms with Gasteiger partial charge in [0.15, 0.2) is 0 Å². The molecule has 0 radical (unpaired) electrons. The molecule has 5 rings (SSSR count). The highest BCUT2D eigenvalue weighted by atomic mass is 19.1. The number of nitrogens with zero attached hydrogens (tertiary/aromatic N) is 1. The predicted octanol–water partition coefficient (Wildman–Crippen LogP) is 3.63. The zero-order valence-corrected chi connectivity index (χ0v) is 15.3. The fraction of sp³-hybridized carbons (Fsp3) is 0.455. The summed E-state index contributed by atoms with van der Waals surface area (Å²) in [4.78, 5) is 2.55. The lowest BCUT2D eigenvalue weighted by Crippen LogP contribution is -2.63. The van der Waals surface area contributed by atoms with Crippen molar-refractivity contribution >= 4 is 0 Å². The average Bonchev–Trinajstić information content (AvgIpc) is 2.70. The summed E-state index contributed by atoms with van der Waals surface area (Å²) in [6.07, 6.45) is 3.24.